The fourth-order valence-corrected chi connectivity index (χ4v) is 2.30. The summed E-state index contributed by atoms with van der Waals surface area (Å²) in [6.07, 6.45) is 2.51. The van der Waals surface area contributed by atoms with E-state index in [-0.39, 0.29) is 6.10 Å². The van der Waals surface area contributed by atoms with E-state index in [0.29, 0.717) is 6.42 Å². The van der Waals surface area contributed by atoms with Crippen LogP contribution in [0.4, 0.5) is 0 Å². The highest BCUT2D eigenvalue weighted by molar-refractivity contribution is 5.74. The lowest BCUT2D eigenvalue weighted by Crippen LogP contribution is -2.27. The number of carboxylic acid groups (broad SMARTS) is 1. The van der Waals surface area contributed by atoms with Gasteiger partial charge in [0.05, 0.1) is 18.6 Å². The number of carbonyl (C=O) groups is 1. The molecule has 20 heavy (non-hydrogen) atoms. The molecule has 1 aliphatic rings. The molecular formula is C16H22O4. The quantitative estimate of drug-likeness (QED) is 0.899. The monoisotopic (exact) mass is 278 g/mol. The molecule has 1 aromatic rings. The standard InChI is InChI=1S/C16H22O4/c1-16(2,15(17)18)11-12-4-3-5-14(10-12)20-13-6-8-19-9-7-13/h3-5,10,13H,6-9,11H2,1-2H3,(H,17,18). The molecule has 0 amide bonds. The molecule has 0 radical (unpaired) electrons. The minimum absolute atomic E-state index is 0.200. The normalized spacial score (nSPS) is 16.9. The first-order valence-electron chi connectivity index (χ1n) is 7.04. The van der Waals surface area contributed by atoms with Gasteiger partial charge in [-0.2, -0.15) is 0 Å². The van der Waals surface area contributed by atoms with Crippen molar-refractivity contribution in [2.75, 3.05) is 13.2 Å². The molecule has 110 valence electrons. The topological polar surface area (TPSA) is 55.8 Å². The second-order valence-corrected chi connectivity index (χ2v) is 5.94. The molecule has 2 rings (SSSR count). The van der Waals surface area contributed by atoms with E-state index >= 15 is 0 Å². The van der Waals surface area contributed by atoms with Crippen molar-refractivity contribution in [2.24, 2.45) is 5.41 Å². The molecule has 0 unspecified atom stereocenters. The summed E-state index contributed by atoms with van der Waals surface area (Å²) < 4.78 is 11.3. The lowest BCUT2D eigenvalue weighted by atomic mass is 9.86. The summed E-state index contributed by atoms with van der Waals surface area (Å²) in [5, 5.41) is 9.19. The van der Waals surface area contributed by atoms with Gasteiger partial charge in [0.2, 0.25) is 0 Å². The van der Waals surface area contributed by atoms with E-state index in [9.17, 15) is 9.90 Å². The first-order chi connectivity index (χ1) is 9.47. The zero-order chi connectivity index (χ0) is 14.6. The summed E-state index contributed by atoms with van der Waals surface area (Å²) in [7, 11) is 0. The minimum Gasteiger partial charge on any atom is -0.490 e. The third-order valence-corrected chi connectivity index (χ3v) is 3.59. The SMILES string of the molecule is CC(C)(Cc1cccc(OC2CCOCC2)c1)C(=O)O. The highest BCUT2D eigenvalue weighted by Crippen LogP contribution is 2.25. The Morgan fingerprint density at radius 3 is 2.75 bits per heavy atom. The van der Waals surface area contributed by atoms with Crippen molar-refractivity contribution in [2.45, 2.75) is 39.2 Å². The van der Waals surface area contributed by atoms with Gasteiger partial charge in [0, 0.05) is 12.8 Å². The first kappa shape index (κ1) is 14.9. The summed E-state index contributed by atoms with van der Waals surface area (Å²) in [4.78, 5) is 11.2. The number of rotatable bonds is 5. The van der Waals surface area contributed by atoms with Gasteiger partial charge in [-0.05, 0) is 38.0 Å². The Bertz CT molecular complexity index is 461. The maximum Gasteiger partial charge on any atom is 0.309 e. The zero-order valence-electron chi connectivity index (χ0n) is 12.1. The third kappa shape index (κ3) is 3.97. The van der Waals surface area contributed by atoms with Crippen molar-refractivity contribution >= 4 is 5.97 Å². The third-order valence-electron chi connectivity index (χ3n) is 3.59. The second kappa shape index (κ2) is 6.27. The van der Waals surface area contributed by atoms with Gasteiger partial charge in [-0.25, -0.2) is 0 Å². The molecule has 1 N–H and O–H groups in total. The molecule has 1 aliphatic heterocycles. The molecule has 0 aliphatic carbocycles. The van der Waals surface area contributed by atoms with E-state index in [1.807, 2.05) is 24.3 Å². The molecule has 4 heteroatoms. The number of carboxylic acids is 1. The molecule has 0 bridgehead atoms. The summed E-state index contributed by atoms with van der Waals surface area (Å²) in [6, 6.07) is 7.73. The minimum atomic E-state index is -0.784. The lowest BCUT2D eigenvalue weighted by molar-refractivity contribution is -0.146. The first-order valence-corrected chi connectivity index (χ1v) is 7.04. The Kier molecular flexibility index (Phi) is 4.65. The lowest BCUT2D eigenvalue weighted by Gasteiger charge is -2.24. The van der Waals surface area contributed by atoms with Crippen LogP contribution in [0.25, 0.3) is 0 Å². The number of ether oxygens (including phenoxy) is 2. The van der Waals surface area contributed by atoms with Crippen molar-refractivity contribution in [1.29, 1.82) is 0 Å². The van der Waals surface area contributed by atoms with Crippen LogP contribution in [0.1, 0.15) is 32.3 Å². The number of hydrogen-bond donors (Lipinski definition) is 1. The average Bonchev–Trinajstić information content (AvgIpc) is 2.39. The van der Waals surface area contributed by atoms with Crippen LogP contribution in [-0.4, -0.2) is 30.4 Å². The largest absolute Gasteiger partial charge is 0.490 e. The second-order valence-electron chi connectivity index (χ2n) is 5.94. The van der Waals surface area contributed by atoms with E-state index in [1.54, 1.807) is 13.8 Å². The van der Waals surface area contributed by atoms with Gasteiger partial charge in [0.15, 0.2) is 0 Å². The molecule has 0 aromatic heterocycles. The van der Waals surface area contributed by atoms with Gasteiger partial charge < -0.3 is 14.6 Å². The van der Waals surface area contributed by atoms with Crippen LogP contribution in [0.2, 0.25) is 0 Å². The molecule has 1 aromatic carbocycles. The van der Waals surface area contributed by atoms with Crippen LogP contribution in [0.5, 0.6) is 5.75 Å². The highest BCUT2D eigenvalue weighted by atomic mass is 16.5. The Morgan fingerprint density at radius 1 is 1.40 bits per heavy atom. The van der Waals surface area contributed by atoms with Crippen LogP contribution in [-0.2, 0) is 16.0 Å². The maximum atomic E-state index is 11.2. The number of benzene rings is 1. The zero-order valence-corrected chi connectivity index (χ0v) is 12.1. The fraction of sp³-hybridized carbons (Fsp3) is 0.562. The van der Waals surface area contributed by atoms with Crippen LogP contribution >= 0.6 is 0 Å². The number of aliphatic carboxylic acids is 1. The smallest absolute Gasteiger partial charge is 0.309 e. The van der Waals surface area contributed by atoms with E-state index in [4.69, 9.17) is 9.47 Å². The van der Waals surface area contributed by atoms with Crippen LogP contribution in [0.15, 0.2) is 24.3 Å². The molecular weight excluding hydrogens is 256 g/mol. The van der Waals surface area contributed by atoms with Crippen molar-refractivity contribution < 1.29 is 19.4 Å². The summed E-state index contributed by atoms with van der Waals surface area (Å²) in [5.41, 5.74) is 0.221. The Hall–Kier alpha value is -1.55. The van der Waals surface area contributed by atoms with Crippen molar-refractivity contribution in [3.05, 3.63) is 29.8 Å². The molecule has 1 fully saturated rings. The Labute approximate surface area is 119 Å². The maximum absolute atomic E-state index is 11.2. The molecule has 0 spiro atoms. The summed E-state index contributed by atoms with van der Waals surface area (Å²) >= 11 is 0. The average molecular weight is 278 g/mol. The van der Waals surface area contributed by atoms with Gasteiger partial charge in [-0.3, -0.25) is 4.79 Å². The highest BCUT2D eigenvalue weighted by Gasteiger charge is 2.27. The van der Waals surface area contributed by atoms with Crippen molar-refractivity contribution in [3.63, 3.8) is 0 Å². The van der Waals surface area contributed by atoms with E-state index in [1.165, 1.54) is 0 Å². The van der Waals surface area contributed by atoms with E-state index in [0.717, 1.165) is 37.4 Å². The summed E-state index contributed by atoms with van der Waals surface area (Å²) in [6.45, 7) is 4.97. The van der Waals surface area contributed by atoms with Gasteiger partial charge in [0.25, 0.3) is 0 Å². The van der Waals surface area contributed by atoms with Crippen molar-refractivity contribution in [3.8, 4) is 5.75 Å². The van der Waals surface area contributed by atoms with Gasteiger partial charge in [-0.15, -0.1) is 0 Å². The molecule has 4 nitrogen and oxygen atoms in total. The van der Waals surface area contributed by atoms with E-state index < -0.39 is 11.4 Å². The van der Waals surface area contributed by atoms with Gasteiger partial charge >= 0.3 is 5.97 Å². The fourth-order valence-electron chi connectivity index (χ4n) is 2.30. The van der Waals surface area contributed by atoms with Crippen LogP contribution in [0.3, 0.4) is 0 Å². The summed E-state index contributed by atoms with van der Waals surface area (Å²) in [5.74, 6) is 0.0313. The predicted octanol–water partition coefficient (Wildman–Crippen LogP) is 2.90. The van der Waals surface area contributed by atoms with Crippen LogP contribution < -0.4 is 4.74 Å². The van der Waals surface area contributed by atoms with Crippen molar-refractivity contribution in [1.82, 2.24) is 0 Å². The Balaban J connectivity index is 2.02. The molecule has 0 atom stereocenters. The van der Waals surface area contributed by atoms with Gasteiger partial charge in [0.1, 0.15) is 11.9 Å². The number of hydrogen-bond acceptors (Lipinski definition) is 3. The molecule has 1 saturated heterocycles. The van der Waals surface area contributed by atoms with Crippen LogP contribution in [0, 0.1) is 5.41 Å². The van der Waals surface area contributed by atoms with Gasteiger partial charge in [-0.1, -0.05) is 12.1 Å². The molecule has 0 saturated carbocycles. The Morgan fingerprint density at radius 2 is 2.10 bits per heavy atom. The molecule has 1 heterocycles. The van der Waals surface area contributed by atoms with E-state index in [2.05, 4.69) is 0 Å². The predicted molar refractivity (Wildman–Crippen MR) is 76.0 cm³/mol.